The summed E-state index contributed by atoms with van der Waals surface area (Å²) >= 11 is 0.951. The molecule has 0 saturated carbocycles. The van der Waals surface area contributed by atoms with Crippen LogP contribution in [0.3, 0.4) is 0 Å². The van der Waals surface area contributed by atoms with E-state index in [9.17, 15) is 18.2 Å². The zero-order valence-corrected chi connectivity index (χ0v) is 11.5. The van der Waals surface area contributed by atoms with Crippen molar-refractivity contribution in [3.05, 3.63) is 0 Å². The smallest absolute Gasteiger partial charge is 0.0958 e. The van der Waals surface area contributed by atoms with E-state index in [4.69, 9.17) is 0 Å². The van der Waals surface area contributed by atoms with Gasteiger partial charge in [0.1, 0.15) is 0 Å². The minimum atomic E-state index is -4.13. The van der Waals surface area contributed by atoms with E-state index in [2.05, 4.69) is 14.3 Å². The van der Waals surface area contributed by atoms with Crippen LogP contribution in [0.15, 0.2) is 0 Å². The van der Waals surface area contributed by atoms with Crippen molar-refractivity contribution in [2.24, 2.45) is 0 Å². The highest BCUT2D eigenvalue weighted by Crippen LogP contribution is 2.06. The predicted octanol–water partition coefficient (Wildman–Crippen LogP) is -1.98. The second kappa shape index (κ2) is 8.27. The molecule has 0 aromatic heterocycles. The highest BCUT2D eigenvalue weighted by Gasteiger charge is 2.16. The van der Waals surface area contributed by atoms with Crippen molar-refractivity contribution < 1.29 is 27.6 Å². The molecule has 0 aromatic rings. The first kappa shape index (κ1) is 16.1. The van der Waals surface area contributed by atoms with Crippen LogP contribution in [0, 0.1) is 0 Å². The van der Waals surface area contributed by atoms with E-state index in [1.54, 1.807) is 0 Å². The lowest BCUT2D eigenvalue weighted by Gasteiger charge is -2.34. The van der Waals surface area contributed by atoms with Gasteiger partial charge >= 0.3 is 0 Å². The standard InChI is InChI=1S/C8H18N2O6S2/c11-15-16-17-7-5-9-1-3-10(4-2-9)6-8-18(12,13)14/h11H,1-8H2,(H,12,13,14)/p-2. The summed E-state index contributed by atoms with van der Waals surface area (Å²) < 4.78 is 35.6. The van der Waals surface area contributed by atoms with E-state index >= 15 is 0 Å². The number of rotatable bonds is 8. The van der Waals surface area contributed by atoms with Crippen LogP contribution >= 0.6 is 12.0 Å². The van der Waals surface area contributed by atoms with Crippen LogP contribution in [-0.2, 0) is 19.5 Å². The summed E-state index contributed by atoms with van der Waals surface area (Å²) in [5, 5.41) is 12.8. The Morgan fingerprint density at radius 2 is 1.67 bits per heavy atom. The van der Waals surface area contributed by atoms with E-state index in [1.807, 2.05) is 4.90 Å². The highest BCUT2D eigenvalue weighted by atomic mass is 32.2. The van der Waals surface area contributed by atoms with Gasteiger partial charge in [0, 0.05) is 57.1 Å². The first-order chi connectivity index (χ1) is 8.51. The second-order valence-corrected chi connectivity index (χ2v) is 6.21. The molecule has 0 aromatic carbocycles. The zero-order valence-electron chi connectivity index (χ0n) is 9.82. The molecule has 0 radical (unpaired) electrons. The van der Waals surface area contributed by atoms with Gasteiger partial charge in [-0.05, 0) is 0 Å². The number of hydrogen-bond acceptors (Lipinski definition) is 9. The van der Waals surface area contributed by atoms with Crippen molar-refractivity contribution in [2.75, 3.05) is 50.8 Å². The molecule has 1 aliphatic heterocycles. The van der Waals surface area contributed by atoms with Crippen molar-refractivity contribution in [1.82, 2.24) is 9.80 Å². The lowest BCUT2D eigenvalue weighted by atomic mass is 10.3. The molecule has 0 unspecified atom stereocenters. The number of piperazine rings is 1. The molecule has 1 heterocycles. The first-order valence-corrected chi connectivity index (χ1v) is 7.96. The normalized spacial score (nSPS) is 19.2. The number of hydrogen-bond donors (Lipinski definition) is 0. The topological polar surface area (TPSA) is 105 Å². The lowest BCUT2D eigenvalue weighted by Crippen LogP contribution is -2.48. The molecule has 8 nitrogen and oxygen atoms in total. The van der Waals surface area contributed by atoms with Crippen LogP contribution in [0.25, 0.3) is 0 Å². The summed E-state index contributed by atoms with van der Waals surface area (Å²) in [6.45, 7) is 4.14. The molecule has 1 aliphatic rings. The van der Waals surface area contributed by atoms with Gasteiger partial charge < -0.3 is 9.81 Å². The Morgan fingerprint density at radius 3 is 2.17 bits per heavy atom. The number of nitrogens with zero attached hydrogens (tertiary/aromatic N) is 2. The third-order valence-corrected chi connectivity index (χ3v) is 3.87. The molecule has 0 N–H and O–H groups in total. The van der Waals surface area contributed by atoms with E-state index in [1.165, 1.54) is 0 Å². The molecule has 0 aliphatic carbocycles. The summed E-state index contributed by atoms with van der Waals surface area (Å²) in [6, 6.07) is 0. The highest BCUT2D eigenvalue weighted by molar-refractivity contribution is 7.94. The van der Waals surface area contributed by atoms with Crippen molar-refractivity contribution in [3.8, 4) is 0 Å². The van der Waals surface area contributed by atoms with E-state index in [-0.39, 0.29) is 5.75 Å². The van der Waals surface area contributed by atoms with E-state index in [0.717, 1.165) is 44.8 Å². The van der Waals surface area contributed by atoms with Gasteiger partial charge in [-0.3, -0.25) is 14.8 Å². The van der Waals surface area contributed by atoms with Gasteiger partial charge in [-0.1, -0.05) is 0 Å². The molecule has 1 fully saturated rings. The molecule has 18 heavy (non-hydrogen) atoms. The maximum atomic E-state index is 10.5. The Kier molecular flexibility index (Phi) is 7.41. The third-order valence-electron chi connectivity index (χ3n) is 2.69. The zero-order chi connectivity index (χ0) is 13.4. The SMILES string of the molecule is O=S(=O)([O-])CCN1CCN(CCSOO[O-])CC1. The third kappa shape index (κ3) is 7.48. The average molecular weight is 300 g/mol. The maximum Gasteiger partial charge on any atom is 0.0958 e. The van der Waals surface area contributed by atoms with Crippen molar-refractivity contribution in [3.63, 3.8) is 0 Å². The minimum absolute atomic E-state index is 0.293. The van der Waals surface area contributed by atoms with Gasteiger partial charge in [0.2, 0.25) is 0 Å². The maximum absolute atomic E-state index is 10.5. The van der Waals surface area contributed by atoms with Crippen LogP contribution in [-0.4, -0.2) is 73.5 Å². The summed E-state index contributed by atoms with van der Waals surface area (Å²) in [6.07, 6.45) is 0. The van der Waals surface area contributed by atoms with Gasteiger partial charge in [0.15, 0.2) is 0 Å². The van der Waals surface area contributed by atoms with Crippen LogP contribution in [0.5, 0.6) is 0 Å². The monoisotopic (exact) mass is 300 g/mol. The molecule has 0 amide bonds. The molecule has 10 heteroatoms. The largest absolute Gasteiger partial charge is 0.748 e. The average Bonchev–Trinajstić information content (AvgIpc) is 2.33. The Balaban J connectivity index is 2.09. The summed E-state index contributed by atoms with van der Waals surface area (Å²) in [5.74, 6) is 0.286. The Bertz CT molecular complexity index is 318. The van der Waals surface area contributed by atoms with Crippen LogP contribution in [0.1, 0.15) is 0 Å². The van der Waals surface area contributed by atoms with Crippen LogP contribution in [0.4, 0.5) is 0 Å². The van der Waals surface area contributed by atoms with E-state index < -0.39 is 10.1 Å². The molecular weight excluding hydrogens is 284 g/mol. The molecule has 0 bridgehead atoms. The predicted molar refractivity (Wildman–Crippen MR) is 62.1 cm³/mol. The molecule has 0 atom stereocenters. The fraction of sp³-hybridized carbons (Fsp3) is 1.00. The molecule has 108 valence electrons. The molecular formula is C8H16N2O6S2-2. The first-order valence-electron chi connectivity index (χ1n) is 5.47. The minimum Gasteiger partial charge on any atom is -0.748 e. The Hall–Kier alpha value is 0.0600. The van der Waals surface area contributed by atoms with Crippen molar-refractivity contribution in [2.45, 2.75) is 0 Å². The summed E-state index contributed by atoms with van der Waals surface area (Å²) in [5.41, 5.74) is 0. The summed E-state index contributed by atoms with van der Waals surface area (Å²) in [7, 11) is -4.13. The van der Waals surface area contributed by atoms with Crippen molar-refractivity contribution in [1.29, 1.82) is 0 Å². The van der Waals surface area contributed by atoms with Gasteiger partial charge in [-0.15, -0.1) is 0 Å². The second-order valence-electron chi connectivity index (χ2n) is 3.90. The van der Waals surface area contributed by atoms with Gasteiger partial charge in [0.05, 0.1) is 15.9 Å². The van der Waals surface area contributed by atoms with Crippen LogP contribution in [0.2, 0.25) is 0 Å². The fourth-order valence-electron chi connectivity index (χ4n) is 1.70. The quantitative estimate of drug-likeness (QED) is 0.166. The van der Waals surface area contributed by atoms with E-state index in [0.29, 0.717) is 12.3 Å². The van der Waals surface area contributed by atoms with Gasteiger partial charge in [-0.2, -0.15) is 4.33 Å². The van der Waals surface area contributed by atoms with Crippen LogP contribution < -0.4 is 5.26 Å². The Labute approximate surface area is 111 Å². The molecule has 0 spiro atoms. The Morgan fingerprint density at radius 1 is 1.11 bits per heavy atom. The summed E-state index contributed by atoms with van der Waals surface area (Å²) in [4.78, 5) is 4.12. The van der Waals surface area contributed by atoms with Crippen molar-refractivity contribution >= 4 is 22.2 Å². The van der Waals surface area contributed by atoms with Gasteiger partial charge in [0.25, 0.3) is 0 Å². The lowest BCUT2D eigenvalue weighted by molar-refractivity contribution is -0.777. The fourth-order valence-corrected chi connectivity index (χ4v) is 2.62. The van der Waals surface area contributed by atoms with Gasteiger partial charge in [-0.25, -0.2) is 8.42 Å². The molecule has 1 saturated heterocycles. The molecule has 1 rings (SSSR count).